The van der Waals surface area contributed by atoms with Gasteiger partial charge in [0.15, 0.2) is 5.78 Å². The van der Waals surface area contributed by atoms with Gasteiger partial charge < -0.3 is 9.80 Å². The van der Waals surface area contributed by atoms with Crippen LogP contribution in [0.5, 0.6) is 0 Å². The molecule has 3 nitrogen and oxygen atoms in total. The molecule has 2 aromatic carbocycles. The summed E-state index contributed by atoms with van der Waals surface area (Å²) in [5.41, 5.74) is 5.57. The number of hydrogen-bond acceptors (Lipinski definition) is 3. The Kier molecular flexibility index (Phi) is 4.51. The number of hydrogen-bond donors (Lipinski definition) is 0. The van der Waals surface area contributed by atoms with E-state index in [1.54, 1.807) is 0 Å². The Hall–Kier alpha value is -2.26. The second-order valence-electron chi connectivity index (χ2n) is 8.45. The van der Waals surface area contributed by atoms with Crippen LogP contribution in [0.3, 0.4) is 0 Å². The van der Waals surface area contributed by atoms with Crippen LogP contribution in [0, 0.1) is 12.3 Å². The maximum atomic E-state index is 13.0. The molecule has 0 amide bonds. The minimum absolute atomic E-state index is 0.00732. The van der Waals surface area contributed by atoms with Crippen molar-refractivity contribution in [2.24, 2.45) is 5.41 Å². The van der Waals surface area contributed by atoms with Crippen LogP contribution in [0.1, 0.15) is 32.3 Å². The highest BCUT2D eigenvalue weighted by molar-refractivity contribution is 6.30. The lowest BCUT2D eigenvalue weighted by Gasteiger charge is -2.45. The fourth-order valence-corrected chi connectivity index (χ4v) is 4.17. The summed E-state index contributed by atoms with van der Waals surface area (Å²) in [6.07, 6.45) is 1.53. The van der Waals surface area contributed by atoms with E-state index in [1.165, 1.54) is 11.3 Å². The molecule has 2 aromatic rings. The van der Waals surface area contributed by atoms with Crippen LogP contribution in [0.25, 0.3) is 0 Å². The molecule has 0 unspecified atom stereocenters. The molecule has 0 saturated carbocycles. The first kappa shape index (κ1) is 18.1. The normalized spacial score (nSPS) is 19.3. The number of carbonyl (C=O) groups excluding carboxylic acids is 1. The lowest BCUT2D eigenvalue weighted by Crippen LogP contribution is -2.48. The molecule has 4 heteroatoms. The molecule has 140 valence electrons. The molecule has 0 saturated heterocycles. The summed E-state index contributed by atoms with van der Waals surface area (Å²) in [7, 11) is 0. The van der Waals surface area contributed by atoms with Gasteiger partial charge in [-0.25, -0.2) is 0 Å². The summed E-state index contributed by atoms with van der Waals surface area (Å²) < 4.78 is 0. The molecule has 27 heavy (non-hydrogen) atoms. The van der Waals surface area contributed by atoms with Crippen molar-refractivity contribution in [3.8, 4) is 0 Å². The van der Waals surface area contributed by atoms with Gasteiger partial charge in [-0.1, -0.05) is 43.1 Å². The number of benzene rings is 2. The quantitative estimate of drug-likeness (QED) is 0.679. The van der Waals surface area contributed by atoms with Gasteiger partial charge >= 0.3 is 0 Å². The number of nitrogens with zero attached hydrogens (tertiary/aromatic N) is 2. The van der Waals surface area contributed by atoms with Crippen molar-refractivity contribution in [3.63, 3.8) is 0 Å². The predicted molar refractivity (Wildman–Crippen MR) is 112 cm³/mol. The van der Waals surface area contributed by atoms with Crippen molar-refractivity contribution in [2.75, 3.05) is 23.0 Å². The standard InChI is InChI=1S/C23H25ClN2O/c1-16-4-8-18(9-5-16)25-14-20-21(12-23(2,3)13-22(20)27)26(15-25)19-10-6-17(24)7-11-19/h4-11H,12-15H2,1-3H3. The average Bonchev–Trinajstić information content (AvgIpc) is 2.62. The monoisotopic (exact) mass is 380 g/mol. The van der Waals surface area contributed by atoms with Crippen molar-refractivity contribution in [1.82, 2.24) is 0 Å². The van der Waals surface area contributed by atoms with E-state index in [9.17, 15) is 4.79 Å². The molecule has 1 aliphatic heterocycles. The Morgan fingerprint density at radius 3 is 2.22 bits per heavy atom. The molecule has 2 aliphatic rings. The SMILES string of the molecule is Cc1ccc(N2CC3=C(CC(C)(C)CC3=O)N(c3ccc(Cl)cc3)C2)cc1. The first-order valence-electron chi connectivity index (χ1n) is 9.42. The first-order valence-corrected chi connectivity index (χ1v) is 9.80. The number of carbonyl (C=O) groups is 1. The van der Waals surface area contributed by atoms with Crippen molar-refractivity contribution in [1.29, 1.82) is 0 Å². The van der Waals surface area contributed by atoms with Crippen LogP contribution >= 0.6 is 11.6 Å². The van der Waals surface area contributed by atoms with Gasteiger partial charge in [-0.3, -0.25) is 4.79 Å². The fourth-order valence-electron chi connectivity index (χ4n) is 4.05. The highest BCUT2D eigenvalue weighted by Gasteiger charge is 2.39. The predicted octanol–water partition coefficient (Wildman–Crippen LogP) is 5.58. The lowest BCUT2D eigenvalue weighted by atomic mass is 9.74. The lowest BCUT2D eigenvalue weighted by molar-refractivity contribution is -0.118. The number of Topliss-reactive ketones (excluding diaryl/α,β-unsaturated/α-hetero) is 1. The van der Waals surface area contributed by atoms with Gasteiger partial charge in [0.05, 0.1) is 6.67 Å². The van der Waals surface area contributed by atoms with Gasteiger partial charge in [0.2, 0.25) is 0 Å². The zero-order valence-corrected chi connectivity index (χ0v) is 16.9. The maximum absolute atomic E-state index is 13.0. The third-order valence-corrected chi connectivity index (χ3v) is 5.75. The zero-order chi connectivity index (χ0) is 19.2. The molecular weight excluding hydrogens is 356 g/mol. The average molecular weight is 381 g/mol. The van der Waals surface area contributed by atoms with E-state index in [2.05, 4.69) is 54.8 Å². The second kappa shape index (κ2) is 6.72. The van der Waals surface area contributed by atoms with E-state index in [-0.39, 0.29) is 11.2 Å². The maximum Gasteiger partial charge on any atom is 0.162 e. The van der Waals surface area contributed by atoms with E-state index < -0.39 is 0 Å². The summed E-state index contributed by atoms with van der Waals surface area (Å²) in [5, 5.41) is 0.723. The number of halogens is 1. The summed E-state index contributed by atoms with van der Waals surface area (Å²) in [6.45, 7) is 7.86. The summed E-state index contributed by atoms with van der Waals surface area (Å²) in [6, 6.07) is 16.4. The zero-order valence-electron chi connectivity index (χ0n) is 16.1. The molecule has 0 bridgehead atoms. The molecule has 0 atom stereocenters. The van der Waals surface area contributed by atoms with Crippen molar-refractivity contribution in [3.05, 3.63) is 70.4 Å². The van der Waals surface area contributed by atoms with Crippen molar-refractivity contribution >= 4 is 28.8 Å². The van der Waals surface area contributed by atoms with E-state index in [1.807, 2.05) is 24.3 Å². The Morgan fingerprint density at radius 1 is 0.926 bits per heavy atom. The number of rotatable bonds is 2. The van der Waals surface area contributed by atoms with E-state index in [0.29, 0.717) is 13.0 Å². The van der Waals surface area contributed by atoms with Gasteiger partial charge in [0, 0.05) is 40.6 Å². The second-order valence-corrected chi connectivity index (χ2v) is 8.88. The Balaban J connectivity index is 1.78. The van der Waals surface area contributed by atoms with Crippen LogP contribution in [-0.4, -0.2) is 19.0 Å². The van der Waals surface area contributed by atoms with Crippen molar-refractivity contribution < 1.29 is 4.79 Å². The number of allylic oxidation sites excluding steroid dienone is 1. The summed E-state index contributed by atoms with van der Waals surface area (Å²) in [4.78, 5) is 17.5. The van der Waals surface area contributed by atoms with Gasteiger partial charge in [0.25, 0.3) is 0 Å². The highest BCUT2D eigenvalue weighted by atomic mass is 35.5. The third-order valence-electron chi connectivity index (χ3n) is 5.49. The molecule has 1 aliphatic carbocycles. The van der Waals surface area contributed by atoms with Gasteiger partial charge in [-0.15, -0.1) is 0 Å². The Labute approximate surface area is 166 Å². The molecule has 0 fully saturated rings. The molecule has 0 aromatic heterocycles. The minimum atomic E-state index is -0.00732. The Morgan fingerprint density at radius 2 is 1.56 bits per heavy atom. The molecule has 4 rings (SSSR count). The topological polar surface area (TPSA) is 23.6 Å². The van der Waals surface area contributed by atoms with Gasteiger partial charge in [-0.05, 0) is 55.2 Å². The molecule has 0 radical (unpaired) electrons. The number of ketones is 1. The van der Waals surface area contributed by atoms with Crippen LogP contribution in [-0.2, 0) is 4.79 Å². The van der Waals surface area contributed by atoms with E-state index >= 15 is 0 Å². The highest BCUT2D eigenvalue weighted by Crippen LogP contribution is 2.42. The number of aryl methyl sites for hydroxylation is 1. The summed E-state index contributed by atoms with van der Waals surface area (Å²) in [5.74, 6) is 0.275. The third kappa shape index (κ3) is 3.61. The smallest absolute Gasteiger partial charge is 0.162 e. The molecule has 1 heterocycles. The Bertz CT molecular complexity index is 897. The molecular formula is C23H25ClN2O. The minimum Gasteiger partial charge on any atom is -0.349 e. The van der Waals surface area contributed by atoms with Crippen LogP contribution in [0.2, 0.25) is 5.02 Å². The van der Waals surface area contributed by atoms with Crippen LogP contribution < -0.4 is 9.80 Å². The number of anilines is 2. The van der Waals surface area contributed by atoms with E-state index in [4.69, 9.17) is 11.6 Å². The largest absolute Gasteiger partial charge is 0.349 e. The fraction of sp³-hybridized carbons (Fsp3) is 0.348. The first-order chi connectivity index (χ1) is 12.8. The summed E-state index contributed by atoms with van der Waals surface area (Å²) >= 11 is 6.10. The molecule has 0 N–H and O–H groups in total. The van der Waals surface area contributed by atoms with Crippen LogP contribution in [0.15, 0.2) is 59.8 Å². The van der Waals surface area contributed by atoms with Gasteiger partial charge in [0.1, 0.15) is 0 Å². The van der Waals surface area contributed by atoms with E-state index in [0.717, 1.165) is 35.1 Å². The van der Waals surface area contributed by atoms with Crippen molar-refractivity contribution in [2.45, 2.75) is 33.6 Å². The van der Waals surface area contributed by atoms with Crippen LogP contribution in [0.4, 0.5) is 11.4 Å². The van der Waals surface area contributed by atoms with Gasteiger partial charge in [-0.2, -0.15) is 0 Å². The molecule has 0 spiro atoms.